The number of aliphatic imine (C=N–C) groups is 2. The average molecular weight is 652 g/mol. The van der Waals surface area contributed by atoms with E-state index in [-0.39, 0.29) is 13.1 Å². The van der Waals surface area contributed by atoms with Gasteiger partial charge < -0.3 is 9.47 Å². The molecule has 5 rings (SSSR count). The van der Waals surface area contributed by atoms with Crippen LogP contribution in [0.2, 0.25) is 0 Å². The SMILES string of the molecule is COc1ccc(N=C(c2ccccc2)c2cccc(C(=Nc3ccc(OC)cc3C)c3ccccc3)n2)c(C)c1.[Cl][Fe][Cl]. The Bertz CT molecular complexity index is 1590. The topological polar surface area (TPSA) is 56.1 Å². The second-order valence-electron chi connectivity index (χ2n) is 9.42. The predicted molar refractivity (Wildman–Crippen MR) is 175 cm³/mol. The number of hydrogen-bond donors (Lipinski definition) is 0. The van der Waals surface area contributed by atoms with Crippen molar-refractivity contribution < 1.29 is 22.6 Å². The summed E-state index contributed by atoms with van der Waals surface area (Å²) in [5, 5.41) is 0. The molecule has 5 aromatic rings. The second kappa shape index (κ2) is 16.1. The Morgan fingerprint density at radius 1 is 0.581 bits per heavy atom. The first kappa shape index (κ1) is 32.0. The van der Waals surface area contributed by atoms with Crippen LogP contribution in [0.25, 0.3) is 0 Å². The minimum atomic E-state index is 0.194. The summed E-state index contributed by atoms with van der Waals surface area (Å²) in [7, 11) is 12.9. The van der Waals surface area contributed by atoms with Crippen LogP contribution in [-0.4, -0.2) is 30.6 Å². The van der Waals surface area contributed by atoms with Gasteiger partial charge in [0, 0.05) is 11.1 Å². The number of aryl methyl sites for hydroxylation is 2. The number of aromatic nitrogens is 1. The van der Waals surface area contributed by atoms with Gasteiger partial charge in [0.05, 0.1) is 48.4 Å². The van der Waals surface area contributed by atoms with Gasteiger partial charge >= 0.3 is 33.3 Å². The molecule has 0 spiro atoms. The van der Waals surface area contributed by atoms with E-state index in [2.05, 4.69) is 24.3 Å². The molecule has 43 heavy (non-hydrogen) atoms. The monoisotopic (exact) mass is 651 g/mol. The first-order valence-corrected chi connectivity index (χ1v) is 16.4. The van der Waals surface area contributed by atoms with Gasteiger partial charge in [-0.15, -0.1) is 0 Å². The number of pyridine rings is 1. The summed E-state index contributed by atoms with van der Waals surface area (Å²) in [6.45, 7) is 4.07. The fourth-order valence-corrected chi connectivity index (χ4v) is 4.43. The molecule has 0 saturated heterocycles. The molecule has 1 aromatic heterocycles. The molecule has 4 aromatic carbocycles. The number of hydrogen-bond acceptors (Lipinski definition) is 5. The predicted octanol–water partition coefficient (Wildman–Crippen LogP) is 9.43. The van der Waals surface area contributed by atoms with Crippen LogP contribution in [0.4, 0.5) is 11.4 Å². The molecule has 0 aliphatic carbocycles. The first-order chi connectivity index (χ1) is 21.0. The molecule has 1 heterocycles. The van der Waals surface area contributed by atoms with Gasteiger partial charge in [-0.25, -0.2) is 15.0 Å². The van der Waals surface area contributed by atoms with Gasteiger partial charge in [0.15, 0.2) is 0 Å². The summed E-state index contributed by atoms with van der Waals surface area (Å²) < 4.78 is 10.8. The molecular weight excluding hydrogens is 621 g/mol. The zero-order valence-electron chi connectivity index (χ0n) is 24.2. The van der Waals surface area contributed by atoms with Crippen LogP contribution in [0.3, 0.4) is 0 Å². The summed E-state index contributed by atoms with van der Waals surface area (Å²) in [5.41, 5.74) is 8.79. The normalized spacial score (nSPS) is 11.5. The van der Waals surface area contributed by atoms with Crippen molar-refractivity contribution >= 4 is 43.0 Å². The van der Waals surface area contributed by atoms with E-state index in [0.717, 1.165) is 67.9 Å². The van der Waals surface area contributed by atoms with E-state index in [1.54, 1.807) is 14.2 Å². The Kier molecular flexibility index (Phi) is 12.0. The molecule has 0 atom stereocenters. The van der Waals surface area contributed by atoms with Gasteiger partial charge in [0.1, 0.15) is 11.5 Å². The molecule has 0 unspecified atom stereocenters. The molecule has 8 heteroatoms. The maximum atomic E-state index is 5.40. The van der Waals surface area contributed by atoms with E-state index in [9.17, 15) is 0 Å². The van der Waals surface area contributed by atoms with Crippen molar-refractivity contribution in [2.24, 2.45) is 9.98 Å². The summed E-state index contributed by atoms with van der Waals surface area (Å²) in [5.74, 6) is 1.60. The molecular formula is C35H31Cl2FeN3O2. The Hall–Kier alpha value is -3.93. The van der Waals surface area contributed by atoms with Crippen molar-refractivity contribution in [1.82, 2.24) is 4.98 Å². The Labute approximate surface area is 267 Å². The molecule has 220 valence electrons. The third-order valence-electron chi connectivity index (χ3n) is 6.60. The van der Waals surface area contributed by atoms with Crippen molar-refractivity contribution in [2.75, 3.05) is 14.2 Å². The van der Waals surface area contributed by atoms with E-state index < -0.39 is 0 Å². The van der Waals surface area contributed by atoms with Crippen molar-refractivity contribution in [3.05, 3.63) is 149 Å². The van der Waals surface area contributed by atoms with E-state index in [1.807, 2.05) is 105 Å². The van der Waals surface area contributed by atoms with Crippen LogP contribution < -0.4 is 9.47 Å². The average Bonchev–Trinajstić information content (AvgIpc) is 3.04. The number of ether oxygens (including phenoxy) is 2. The third kappa shape index (κ3) is 8.56. The molecule has 0 bridgehead atoms. The Morgan fingerprint density at radius 3 is 1.33 bits per heavy atom. The van der Waals surface area contributed by atoms with Crippen LogP contribution in [0, 0.1) is 13.8 Å². The molecule has 0 aliphatic rings. The van der Waals surface area contributed by atoms with Crippen LogP contribution in [0.5, 0.6) is 11.5 Å². The van der Waals surface area contributed by atoms with E-state index in [4.69, 9.17) is 44.6 Å². The van der Waals surface area contributed by atoms with Crippen LogP contribution >= 0.6 is 20.2 Å². The molecule has 0 saturated carbocycles. The van der Waals surface area contributed by atoms with Crippen molar-refractivity contribution in [1.29, 1.82) is 0 Å². The van der Waals surface area contributed by atoms with E-state index in [1.165, 1.54) is 0 Å². The molecule has 0 radical (unpaired) electrons. The van der Waals surface area contributed by atoms with E-state index >= 15 is 0 Å². The standard InChI is InChI=1S/C35H31N3O2.2ClH.Fe/c1-24-22-28(39-3)18-20-30(24)37-34(26-12-7-5-8-13-26)32-16-11-17-33(36-32)35(27-14-9-6-10-15-27)38-31-21-19-29(40-4)23-25(31)2;;;/h5-23H,1-4H3;2*1H;/q;;;+2/p-2. The van der Waals surface area contributed by atoms with Crippen LogP contribution in [0.15, 0.2) is 125 Å². The van der Waals surface area contributed by atoms with Crippen LogP contribution in [-0.2, 0) is 13.1 Å². The van der Waals surface area contributed by atoms with Crippen molar-refractivity contribution in [3.8, 4) is 11.5 Å². The molecule has 0 aliphatic heterocycles. The number of benzene rings is 4. The summed E-state index contributed by atoms with van der Waals surface area (Å²) in [6.07, 6.45) is 0. The van der Waals surface area contributed by atoms with Crippen molar-refractivity contribution in [2.45, 2.75) is 13.8 Å². The quantitative estimate of drug-likeness (QED) is 0.124. The number of nitrogens with zero attached hydrogens (tertiary/aromatic N) is 3. The van der Waals surface area contributed by atoms with Gasteiger partial charge in [0.25, 0.3) is 0 Å². The fraction of sp³-hybridized carbons (Fsp3) is 0.114. The van der Waals surface area contributed by atoms with E-state index in [0.29, 0.717) is 0 Å². The zero-order valence-corrected chi connectivity index (χ0v) is 26.9. The summed E-state index contributed by atoms with van der Waals surface area (Å²) >= 11 is 0.194. The number of methoxy groups -OCH3 is 2. The van der Waals surface area contributed by atoms with Gasteiger partial charge in [-0.2, -0.15) is 0 Å². The summed E-state index contributed by atoms with van der Waals surface area (Å²) in [6, 6.07) is 38.1. The molecule has 0 amide bonds. The molecule has 0 N–H and O–H groups in total. The number of rotatable bonds is 8. The molecule has 5 nitrogen and oxygen atoms in total. The minimum absolute atomic E-state index is 0.194. The van der Waals surface area contributed by atoms with Gasteiger partial charge in [-0.1, -0.05) is 66.7 Å². The summed E-state index contributed by atoms with van der Waals surface area (Å²) in [4.78, 5) is 15.4. The Balaban J connectivity index is 0.00000135. The number of halogens is 2. The molecule has 0 fully saturated rings. The van der Waals surface area contributed by atoms with Gasteiger partial charge in [-0.05, 0) is 73.5 Å². The third-order valence-corrected chi connectivity index (χ3v) is 6.60. The zero-order chi connectivity index (χ0) is 30.6. The van der Waals surface area contributed by atoms with Gasteiger partial charge in [0.2, 0.25) is 0 Å². The first-order valence-electron chi connectivity index (χ1n) is 13.4. The fourth-order valence-electron chi connectivity index (χ4n) is 4.43. The maximum absolute atomic E-state index is 5.40. The van der Waals surface area contributed by atoms with Crippen LogP contribution in [0.1, 0.15) is 33.6 Å². The van der Waals surface area contributed by atoms with Gasteiger partial charge in [-0.3, -0.25) is 0 Å². The van der Waals surface area contributed by atoms with Crippen molar-refractivity contribution in [3.63, 3.8) is 0 Å². The second-order valence-corrected chi connectivity index (χ2v) is 11.2. The Morgan fingerprint density at radius 2 is 0.977 bits per heavy atom.